The predicted octanol–water partition coefficient (Wildman–Crippen LogP) is 4.51. The molecule has 0 aliphatic carbocycles. The zero-order valence-corrected chi connectivity index (χ0v) is 16.7. The van der Waals surface area contributed by atoms with Crippen LogP contribution in [0.3, 0.4) is 0 Å². The van der Waals surface area contributed by atoms with Gasteiger partial charge in [0.15, 0.2) is 0 Å². The van der Waals surface area contributed by atoms with Crippen molar-refractivity contribution in [1.29, 1.82) is 0 Å². The third-order valence-electron chi connectivity index (χ3n) is 3.98. The summed E-state index contributed by atoms with van der Waals surface area (Å²) in [5.41, 5.74) is 2.36. The van der Waals surface area contributed by atoms with E-state index in [4.69, 9.17) is 9.47 Å². The molecule has 0 aliphatic heterocycles. The molecule has 6 heteroatoms. The molecule has 1 N–H and O–H groups in total. The summed E-state index contributed by atoms with van der Waals surface area (Å²) in [7, 11) is 1.62. The minimum absolute atomic E-state index is 0.124. The van der Waals surface area contributed by atoms with Gasteiger partial charge < -0.3 is 14.8 Å². The lowest BCUT2D eigenvalue weighted by molar-refractivity contribution is -0.116. The van der Waals surface area contributed by atoms with Crippen molar-refractivity contribution in [3.8, 4) is 5.75 Å². The number of esters is 1. The van der Waals surface area contributed by atoms with Crippen molar-refractivity contribution in [3.05, 3.63) is 45.8 Å². The van der Waals surface area contributed by atoms with Crippen LogP contribution in [0, 0.1) is 13.8 Å². The second-order valence-corrected chi connectivity index (χ2v) is 7.56. The minimum Gasteiger partial charge on any atom is -0.497 e. The summed E-state index contributed by atoms with van der Waals surface area (Å²) in [5.74, 6) is 0.268. The Morgan fingerprint density at radius 2 is 1.81 bits per heavy atom. The first-order valence-electron chi connectivity index (χ1n) is 8.55. The zero-order chi connectivity index (χ0) is 19.3. The Labute approximate surface area is 158 Å². The number of ether oxygens (including phenoxy) is 2. The Morgan fingerprint density at radius 1 is 1.15 bits per heavy atom. The zero-order valence-electron chi connectivity index (χ0n) is 15.8. The van der Waals surface area contributed by atoms with E-state index in [2.05, 4.69) is 5.32 Å². The first-order valence-corrected chi connectivity index (χ1v) is 9.37. The lowest BCUT2D eigenvalue weighted by atomic mass is 10.1. The van der Waals surface area contributed by atoms with E-state index in [1.54, 1.807) is 21.0 Å². The maximum Gasteiger partial charge on any atom is 0.341 e. The van der Waals surface area contributed by atoms with Crippen LogP contribution in [0.25, 0.3) is 0 Å². The molecule has 0 atom stereocenters. The number of methoxy groups -OCH3 is 1. The monoisotopic (exact) mass is 375 g/mol. The van der Waals surface area contributed by atoms with Crippen molar-refractivity contribution in [2.75, 3.05) is 12.4 Å². The maximum absolute atomic E-state index is 12.4. The molecule has 1 aromatic carbocycles. The van der Waals surface area contributed by atoms with Crippen molar-refractivity contribution < 1.29 is 19.1 Å². The van der Waals surface area contributed by atoms with Gasteiger partial charge in [-0.2, -0.15) is 0 Å². The summed E-state index contributed by atoms with van der Waals surface area (Å²) >= 11 is 1.40. The van der Waals surface area contributed by atoms with Crippen LogP contribution < -0.4 is 10.1 Å². The average molecular weight is 375 g/mol. The molecule has 1 aromatic heterocycles. The van der Waals surface area contributed by atoms with Gasteiger partial charge in [0, 0.05) is 11.3 Å². The number of rotatable bonds is 7. The van der Waals surface area contributed by atoms with E-state index in [0.29, 0.717) is 23.4 Å². The van der Waals surface area contributed by atoms with E-state index in [0.717, 1.165) is 21.8 Å². The third-order valence-corrected chi connectivity index (χ3v) is 5.11. The smallest absolute Gasteiger partial charge is 0.341 e. The highest BCUT2D eigenvalue weighted by Gasteiger charge is 2.22. The van der Waals surface area contributed by atoms with Crippen LogP contribution in [0.4, 0.5) is 5.00 Å². The second-order valence-electron chi connectivity index (χ2n) is 6.34. The summed E-state index contributed by atoms with van der Waals surface area (Å²) < 4.78 is 10.4. The van der Waals surface area contributed by atoms with Crippen LogP contribution in [0.15, 0.2) is 24.3 Å². The Kier molecular flexibility index (Phi) is 6.80. The average Bonchev–Trinajstić information content (AvgIpc) is 2.86. The minimum atomic E-state index is -0.396. The van der Waals surface area contributed by atoms with E-state index < -0.39 is 5.97 Å². The second kappa shape index (κ2) is 8.85. The molecule has 0 saturated carbocycles. The highest BCUT2D eigenvalue weighted by Crippen LogP contribution is 2.33. The predicted molar refractivity (Wildman–Crippen MR) is 104 cm³/mol. The number of aryl methyl sites for hydroxylation is 2. The molecule has 0 fully saturated rings. The van der Waals surface area contributed by atoms with Crippen LogP contribution in [0.2, 0.25) is 0 Å². The molecule has 0 bridgehead atoms. The van der Waals surface area contributed by atoms with Crippen LogP contribution in [0.1, 0.15) is 46.6 Å². The quantitative estimate of drug-likeness (QED) is 0.723. The SMILES string of the molecule is COc1ccc(CCC(=O)Nc2sc(C)c(C)c2C(=O)OC(C)C)cc1. The summed E-state index contributed by atoms with van der Waals surface area (Å²) in [6.45, 7) is 7.41. The lowest BCUT2D eigenvalue weighted by Gasteiger charge is -2.10. The van der Waals surface area contributed by atoms with Gasteiger partial charge in [-0.25, -0.2) is 4.79 Å². The molecular formula is C20H25NO4S. The fourth-order valence-corrected chi connectivity index (χ4v) is 3.54. The summed E-state index contributed by atoms with van der Waals surface area (Å²) in [5, 5.41) is 3.43. The molecule has 1 heterocycles. The molecule has 0 saturated heterocycles. The Hall–Kier alpha value is -2.34. The van der Waals surface area contributed by atoms with E-state index >= 15 is 0 Å². The summed E-state index contributed by atoms with van der Waals surface area (Å²) in [6.07, 6.45) is 0.743. The number of carbonyl (C=O) groups is 2. The largest absolute Gasteiger partial charge is 0.497 e. The molecular weight excluding hydrogens is 350 g/mol. The van der Waals surface area contributed by atoms with Gasteiger partial charge in [-0.05, 0) is 57.4 Å². The number of anilines is 1. The Bertz CT molecular complexity index is 778. The van der Waals surface area contributed by atoms with Crippen molar-refractivity contribution in [2.45, 2.75) is 46.6 Å². The molecule has 0 aliphatic rings. The highest BCUT2D eigenvalue weighted by molar-refractivity contribution is 7.16. The fourth-order valence-electron chi connectivity index (χ4n) is 2.47. The molecule has 5 nitrogen and oxygen atoms in total. The van der Waals surface area contributed by atoms with Gasteiger partial charge >= 0.3 is 5.97 Å². The van der Waals surface area contributed by atoms with Gasteiger partial charge in [0.2, 0.25) is 5.91 Å². The van der Waals surface area contributed by atoms with E-state index in [1.165, 1.54) is 11.3 Å². The summed E-state index contributed by atoms with van der Waals surface area (Å²) in [6, 6.07) is 7.63. The number of amides is 1. The number of benzene rings is 1. The molecule has 1 amide bonds. The van der Waals surface area contributed by atoms with Gasteiger partial charge in [-0.1, -0.05) is 12.1 Å². The van der Waals surface area contributed by atoms with Gasteiger partial charge in [0.25, 0.3) is 0 Å². The molecule has 140 valence electrons. The molecule has 0 radical (unpaired) electrons. The first kappa shape index (κ1) is 20.0. The molecule has 2 rings (SSSR count). The Balaban J connectivity index is 2.04. The van der Waals surface area contributed by atoms with Gasteiger partial charge in [-0.3, -0.25) is 4.79 Å². The van der Waals surface area contributed by atoms with Gasteiger partial charge in [-0.15, -0.1) is 11.3 Å². The molecule has 0 unspecified atom stereocenters. The van der Waals surface area contributed by atoms with Crippen molar-refractivity contribution in [3.63, 3.8) is 0 Å². The maximum atomic E-state index is 12.4. The number of nitrogens with one attached hydrogen (secondary N) is 1. The fraction of sp³-hybridized carbons (Fsp3) is 0.400. The third kappa shape index (κ3) is 5.08. The van der Waals surface area contributed by atoms with Crippen molar-refractivity contribution >= 4 is 28.2 Å². The molecule has 0 spiro atoms. The van der Waals surface area contributed by atoms with Gasteiger partial charge in [0.1, 0.15) is 10.8 Å². The topological polar surface area (TPSA) is 64.6 Å². The van der Waals surface area contributed by atoms with E-state index in [1.807, 2.05) is 38.1 Å². The van der Waals surface area contributed by atoms with Crippen LogP contribution in [0.5, 0.6) is 5.75 Å². The normalized spacial score (nSPS) is 10.7. The first-order chi connectivity index (χ1) is 12.3. The molecule has 2 aromatic rings. The standard InChI is InChI=1S/C20H25NO4S/c1-12(2)25-20(23)18-13(3)14(4)26-19(18)21-17(22)11-8-15-6-9-16(24-5)10-7-15/h6-7,9-10,12H,8,11H2,1-5H3,(H,21,22). The number of carbonyl (C=O) groups excluding carboxylic acids is 2. The number of hydrogen-bond donors (Lipinski definition) is 1. The molecule has 26 heavy (non-hydrogen) atoms. The Morgan fingerprint density at radius 3 is 2.38 bits per heavy atom. The summed E-state index contributed by atoms with van der Waals surface area (Å²) in [4.78, 5) is 25.7. The lowest BCUT2D eigenvalue weighted by Crippen LogP contribution is -2.17. The van der Waals surface area contributed by atoms with Crippen molar-refractivity contribution in [2.24, 2.45) is 0 Å². The van der Waals surface area contributed by atoms with Gasteiger partial charge in [0.05, 0.1) is 18.8 Å². The van der Waals surface area contributed by atoms with E-state index in [9.17, 15) is 9.59 Å². The number of thiophene rings is 1. The van der Waals surface area contributed by atoms with Crippen molar-refractivity contribution in [1.82, 2.24) is 0 Å². The number of hydrogen-bond acceptors (Lipinski definition) is 5. The van der Waals surface area contributed by atoms with Crippen LogP contribution in [-0.2, 0) is 16.0 Å². The van der Waals surface area contributed by atoms with E-state index in [-0.39, 0.29) is 12.0 Å². The van der Waals surface area contributed by atoms with Crippen LogP contribution in [-0.4, -0.2) is 25.1 Å². The highest BCUT2D eigenvalue weighted by atomic mass is 32.1. The van der Waals surface area contributed by atoms with Crippen LogP contribution >= 0.6 is 11.3 Å².